The maximum atomic E-state index is 2.55. The van der Waals surface area contributed by atoms with Crippen molar-refractivity contribution in [3.63, 3.8) is 0 Å². The van der Waals surface area contributed by atoms with Gasteiger partial charge in [-0.05, 0) is 54.0 Å². The summed E-state index contributed by atoms with van der Waals surface area (Å²) in [6.07, 6.45) is 6.01. The minimum atomic E-state index is 0.349. The van der Waals surface area contributed by atoms with Gasteiger partial charge >= 0.3 is 0 Å². The van der Waals surface area contributed by atoms with Gasteiger partial charge in [-0.25, -0.2) is 0 Å². The Morgan fingerprint density at radius 2 is 1.73 bits per heavy atom. The lowest BCUT2D eigenvalue weighted by molar-refractivity contribution is -0.0959. The van der Waals surface area contributed by atoms with Crippen LogP contribution in [0.25, 0.3) is 0 Å². The fourth-order valence-electron chi connectivity index (χ4n) is 4.30. The summed E-state index contributed by atoms with van der Waals surface area (Å²) in [6.45, 7) is 12.4. The summed E-state index contributed by atoms with van der Waals surface area (Å²) >= 11 is 0. The Labute approximate surface area is 97.0 Å². The summed E-state index contributed by atoms with van der Waals surface area (Å²) in [5.74, 6) is 3.12. The van der Waals surface area contributed by atoms with Crippen LogP contribution in [0.15, 0.2) is 0 Å². The first-order valence-corrected chi connectivity index (χ1v) is 8.54. The maximum Gasteiger partial charge on any atom is -0.0178 e. The lowest BCUT2D eigenvalue weighted by Gasteiger charge is -2.63. The van der Waals surface area contributed by atoms with E-state index < -0.39 is 0 Å². The van der Waals surface area contributed by atoms with Gasteiger partial charge in [-0.1, -0.05) is 34.6 Å². The average molecular weight is 226 g/mol. The van der Waals surface area contributed by atoms with E-state index in [1.54, 1.807) is 12.8 Å². The summed E-state index contributed by atoms with van der Waals surface area (Å²) in [5.41, 5.74) is 1.78. The molecule has 3 aliphatic rings. The molecular weight excluding hydrogens is 199 g/mol. The smallest absolute Gasteiger partial charge is 0.0178 e. The first-order valence-electron chi connectivity index (χ1n) is 6.76. The SMILES string of the molecule is CCP(CC)C1CC2CC(C1C)C2(C)C. The molecule has 0 saturated heterocycles. The molecule has 3 aliphatic carbocycles. The van der Waals surface area contributed by atoms with E-state index in [1.165, 1.54) is 12.3 Å². The third-order valence-corrected chi connectivity index (χ3v) is 8.84. The maximum absolute atomic E-state index is 2.55. The lowest BCUT2D eigenvalue weighted by Crippen LogP contribution is -2.56. The zero-order chi connectivity index (χ0) is 11.2. The molecule has 0 aromatic carbocycles. The van der Waals surface area contributed by atoms with Gasteiger partial charge in [0.05, 0.1) is 0 Å². The molecule has 1 heteroatoms. The molecule has 15 heavy (non-hydrogen) atoms. The number of rotatable bonds is 3. The van der Waals surface area contributed by atoms with Crippen LogP contribution in [-0.2, 0) is 0 Å². The summed E-state index contributed by atoms with van der Waals surface area (Å²) in [7, 11) is 0.349. The molecule has 0 amide bonds. The highest BCUT2D eigenvalue weighted by Gasteiger charge is 2.56. The molecule has 3 rings (SSSR count). The Kier molecular flexibility index (Phi) is 3.19. The van der Waals surface area contributed by atoms with Crippen molar-refractivity contribution in [1.82, 2.24) is 0 Å². The van der Waals surface area contributed by atoms with E-state index in [9.17, 15) is 0 Å². The number of hydrogen-bond donors (Lipinski definition) is 0. The van der Waals surface area contributed by atoms with Crippen molar-refractivity contribution in [3.05, 3.63) is 0 Å². The Bertz CT molecular complexity index is 229. The van der Waals surface area contributed by atoms with Crippen LogP contribution in [0.3, 0.4) is 0 Å². The molecule has 0 aliphatic heterocycles. The van der Waals surface area contributed by atoms with Crippen LogP contribution in [0.4, 0.5) is 0 Å². The molecule has 0 aromatic heterocycles. The van der Waals surface area contributed by atoms with Crippen LogP contribution in [0.1, 0.15) is 47.5 Å². The molecule has 0 spiro atoms. The van der Waals surface area contributed by atoms with Gasteiger partial charge in [-0.2, -0.15) is 0 Å². The van der Waals surface area contributed by atoms with Crippen molar-refractivity contribution < 1.29 is 0 Å². The van der Waals surface area contributed by atoms with Crippen molar-refractivity contribution in [1.29, 1.82) is 0 Å². The van der Waals surface area contributed by atoms with Gasteiger partial charge in [0.25, 0.3) is 0 Å². The van der Waals surface area contributed by atoms with Gasteiger partial charge in [0.15, 0.2) is 0 Å². The fraction of sp³-hybridized carbons (Fsp3) is 1.00. The third-order valence-electron chi connectivity index (χ3n) is 5.60. The van der Waals surface area contributed by atoms with Crippen LogP contribution < -0.4 is 0 Å². The molecule has 3 saturated carbocycles. The molecular formula is C14H27P. The molecule has 4 atom stereocenters. The van der Waals surface area contributed by atoms with Crippen LogP contribution in [0.5, 0.6) is 0 Å². The topological polar surface area (TPSA) is 0 Å². The summed E-state index contributed by atoms with van der Waals surface area (Å²) in [6, 6.07) is 0. The van der Waals surface area contributed by atoms with E-state index >= 15 is 0 Å². The van der Waals surface area contributed by atoms with Gasteiger partial charge in [-0.15, -0.1) is 7.92 Å². The summed E-state index contributed by atoms with van der Waals surface area (Å²) < 4.78 is 0. The minimum absolute atomic E-state index is 0.349. The normalized spacial score (nSPS) is 42.8. The van der Waals surface area contributed by atoms with E-state index in [-0.39, 0.29) is 0 Å². The molecule has 0 radical (unpaired) electrons. The quantitative estimate of drug-likeness (QED) is 0.618. The highest BCUT2D eigenvalue weighted by atomic mass is 31.1. The van der Waals surface area contributed by atoms with Gasteiger partial charge in [0.1, 0.15) is 0 Å². The van der Waals surface area contributed by atoms with Gasteiger partial charge in [0.2, 0.25) is 0 Å². The van der Waals surface area contributed by atoms with E-state index in [0.717, 1.165) is 23.4 Å². The second-order valence-electron chi connectivity index (χ2n) is 6.24. The zero-order valence-corrected chi connectivity index (χ0v) is 12.0. The second-order valence-corrected chi connectivity index (χ2v) is 9.35. The first-order chi connectivity index (χ1) is 7.02. The van der Waals surface area contributed by atoms with E-state index in [1.807, 2.05) is 0 Å². The predicted molar refractivity (Wildman–Crippen MR) is 70.9 cm³/mol. The molecule has 0 aromatic rings. The molecule has 0 nitrogen and oxygen atoms in total. The van der Waals surface area contributed by atoms with Crippen molar-refractivity contribution >= 4 is 7.92 Å². The van der Waals surface area contributed by atoms with Gasteiger partial charge < -0.3 is 0 Å². The first kappa shape index (κ1) is 11.9. The monoisotopic (exact) mass is 226 g/mol. The van der Waals surface area contributed by atoms with Gasteiger partial charge in [0, 0.05) is 0 Å². The number of fused-ring (bicyclic) bond motifs is 2. The third kappa shape index (κ3) is 1.68. The number of hydrogen-bond acceptors (Lipinski definition) is 0. The Morgan fingerprint density at radius 1 is 1.13 bits per heavy atom. The lowest BCUT2D eigenvalue weighted by atomic mass is 9.46. The Hall–Kier alpha value is 0.430. The standard InChI is InChI=1S/C14H27P/c1-6-15(7-2)13-9-11-8-12(10(13)3)14(11,4)5/h10-13H,6-9H2,1-5H3. The Morgan fingerprint density at radius 3 is 2.13 bits per heavy atom. The molecule has 88 valence electrons. The van der Waals surface area contributed by atoms with Crippen molar-refractivity contribution in [2.75, 3.05) is 12.3 Å². The van der Waals surface area contributed by atoms with Crippen LogP contribution in [0, 0.1) is 23.2 Å². The molecule has 3 fully saturated rings. The molecule has 4 unspecified atom stereocenters. The largest absolute Gasteiger partial charge is 0.104 e. The van der Waals surface area contributed by atoms with Crippen molar-refractivity contribution in [3.8, 4) is 0 Å². The van der Waals surface area contributed by atoms with Crippen LogP contribution >= 0.6 is 7.92 Å². The minimum Gasteiger partial charge on any atom is -0.104 e. The molecule has 2 bridgehead atoms. The summed E-state index contributed by atoms with van der Waals surface area (Å²) in [5, 5.41) is 0. The zero-order valence-electron chi connectivity index (χ0n) is 11.1. The average Bonchev–Trinajstić information content (AvgIpc) is 2.21. The molecule has 0 heterocycles. The van der Waals surface area contributed by atoms with Crippen LogP contribution in [-0.4, -0.2) is 18.0 Å². The van der Waals surface area contributed by atoms with Crippen LogP contribution in [0.2, 0.25) is 0 Å². The summed E-state index contributed by atoms with van der Waals surface area (Å²) in [4.78, 5) is 0. The fourth-order valence-corrected chi connectivity index (χ4v) is 7.11. The van der Waals surface area contributed by atoms with E-state index in [4.69, 9.17) is 0 Å². The second kappa shape index (κ2) is 4.02. The van der Waals surface area contributed by atoms with Crippen molar-refractivity contribution in [2.24, 2.45) is 23.2 Å². The van der Waals surface area contributed by atoms with Gasteiger partial charge in [-0.3, -0.25) is 0 Å². The highest BCUT2D eigenvalue weighted by Crippen LogP contribution is 2.66. The highest BCUT2D eigenvalue weighted by molar-refractivity contribution is 7.58. The Balaban J connectivity index is 2.08. The molecule has 0 N–H and O–H groups in total. The predicted octanol–water partition coefficient (Wildman–Crippen LogP) is 4.58. The van der Waals surface area contributed by atoms with Crippen molar-refractivity contribution in [2.45, 2.75) is 53.1 Å². The van der Waals surface area contributed by atoms with E-state index in [0.29, 0.717) is 13.3 Å². The van der Waals surface area contributed by atoms with E-state index in [2.05, 4.69) is 34.6 Å².